The van der Waals surface area contributed by atoms with E-state index in [1.54, 1.807) is 0 Å². The number of fused-ring (bicyclic) bond motifs is 2. The summed E-state index contributed by atoms with van der Waals surface area (Å²) in [7, 11) is -2.57. The van der Waals surface area contributed by atoms with E-state index in [9.17, 15) is 30.8 Å². The third-order valence-electron chi connectivity index (χ3n) is 11.6. The van der Waals surface area contributed by atoms with E-state index in [1.807, 2.05) is 99.6 Å². The van der Waals surface area contributed by atoms with Gasteiger partial charge in [-0.25, -0.2) is 8.42 Å². The van der Waals surface area contributed by atoms with E-state index >= 15 is 0 Å². The molecule has 2 spiro atoms. The Kier molecular flexibility index (Phi) is 17.7. The zero-order valence-corrected chi connectivity index (χ0v) is 40.8. The third kappa shape index (κ3) is 12.1. The highest BCUT2D eigenvalue weighted by molar-refractivity contribution is 9.10. The molecule has 0 radical (unpaired) electrons. The summed E-state index contributed by atoms with van der Waals surface area (Å²) in [6.45, 7) is 13.5. The van der Waals surface area contributed by atoms with Gasteiger partial charge in [0.2, 0.25) is 0 Å². The maximum absolute atomic E-state index is 12.9. The van der Waals surface area contributed by atoms with E-state index < -0.39 is 57.6 Å². The van der Waals surface area contributed by atoms with Crippen LogP contribution in [-0.2, 0) is 44.3 Å². The van der Waals surface area contributed by atoms with Crippen molar-refractivity contribution in [2.45, 2.75) is 143 Å². The number of alkyl halides is 4. The topological polar surface area (TPSA) is 108 Å². The van der Waals surface area contributed by atoms with Gasteiger partial charge in [0, 0.05) is 30.9 Å². The van der Waals surface area contributed by atoms with Crippen LogP contribution in [0.2, 0.25) is 0 Å². The van der Waals surface area contributed by atoms with Crippen LogP contribution in [0.1, 0.15) is 122 Å². The van der Waals surface area contributed by atoms with Gasteiger partial charge in [0.25, 0.3) is 0 Å². The Hall–Kier alpha value is -1.01. The SMILES string of the molecule is CC(C)(C)[S@@](N)=O.C[C@@H]1CC2(Cc3ccc(Br)cc3C2=N[S@@](=O)C(C)(C)C)C[C@H](C)C1OC(F)F.C[C@@H]1CC2(Cc3ccc(Br)cc3C2=O)C[C@H](C)C1OC(F)F.S. The Morgan fingerprint density at radius 1 is 0.707 bits per heavy atom. The normalized spacial score (nSPS) is 30.9. The Morgan fingerprint density at radius 3 is 1.45 bits per heavy atom. The van der Waals surface area contributed by atoms with E-state index in [2.05, 4.69) is 37.9 Å². The number of rotatable bonds is 5. The predicted molar refractivity (Wildman–Crippen MR) is 239 cm³/mol. The molecule has 58 heavy (non-hydrogen) atoms. The second kappa shape index (κ2) is 20.0. The minimum atomic E-state index is -2.76. The number of carbonyl (C=O) groups excluding carboxylic acids is 1. The maximum Gasteiger partial charge on any atom is 0.345 e. The van der Waals surface area contributed by atoms with Gasteiger partial charge < -0.3 is 9.47 Å². The molecule has 4 aliphatic carbocycles. The lowest BCUT2D eigenvalue weighted by atomic mass is 9.63. The molecule has 2 N–H and O–H groups in total. The first kappa shape index (κ1) is 51.3. The molecule has 7 nitrogen and oxygen atoms in total. The van der Waals surface area contributed by atoms with Crippen molar-refractivity contribution in [1.82, 2.24) is 0 Å². The van der Waals surface area contributed by atoms with E-state index in [1.165, 1.54) is 5.56 Å². The van der Waals surface area contributed by atoms with Gasteiger partial charge in [-0.05, 0) is 139 Å². The lowest BCUT2D eigenvalue weighted by Gasteiger charge is -2.45. The molecule has 16 heteroatoms. The highest BCUT2D eigenvalue weighted by Gasteiger charge is 2.53. The molecule has 10 atom stereocenters. The van der Waals surface area contributed by atoms with Crippen molar-refractivity contribution in [1.29, 1.82) is 0 Å². The van der Waals surface area contributed by atoms with Crippen molar-refractivity contribution in [3.63, 3.8) is 0 Å². The van der Waals surface area contributed by atoms with Crippen LogP contribution in [0.4, 0.5) is 17.6 Å². The largest absolute Gasteiger partial charge is 0.345 e. The fraction of sp³-hybridized carbons (Fsp3) is 0.667. The average Bonchev–Trinajstić information content (AvgIpc) is 3.49. The molecule has 2 aromatic carbocycles. The third-order valence-corrected chi connectivity index (χ3v) is 15.2. The number of carbonyl (C=O) groups is 1. The van der Waals surface area contributed by atoms with Gasteiger partial charge in [-0.15, -0.1) is 0 Å². The highest BCUT2D eigenvalue weighted by atomic mass is 79.9. The summed E-state index contributed by atoms with van der Waals surface area (Å²) in [6, 6.07) is 11.9. The molecule has 4 unspecified atom stereocenters. The predicted octanol–water partition coefficient (Wildman–Crippen LogP) is 11.3. The molecule has 0 bridgehead atoms. The van der Waals surface area contributed by atoms with Crippen molar-refractivity contribution in [2.75, 3.05) is 0 Å². The van der Waals surface area contributed by atoms with Crippen LogP contribution in [0.25, 0.3) is 0 Å². The molecule has 2 fully saturated rings. The summed E-state index contributed by atoms with van der Waals surface area (Å²) in [6.07, 6.45) is 3.17. The monoisotopic (exact) mass is 1000 g/mol. The van der Waals surface area contributed by atoms with Crippen LogP contribution in [-0.4, -0.2) is 54.8 Å². The minimum absolute atomic E-state index is 0. The van der Waals surface area contributed by atoms with Crippen LogP contribution in [0.15, 0.2) is 49.7 Å². The van der Waals surface area contributed by atoms with Crippen LogP contribution in [0.5, 0.6) is 0 Å². The van der Waals surface area contributed by atoms with Gasteiger partial charge >= 0.3 is 13.2 Å². The lowest BCUT2D eigenvalue weighted by molar-refractivity contribution is -0.201. The summed E-state index contributed by atoms with van der Waals surface area (Å²) in [4.78, 5) is 12.9. The number of ketones is 1. The van der Waals surface area contributed by atoms with Gasteiger partial charge in [-0.1, -0.05) is 71.7 Å². The summed E-state index contributed by atoms with van der Waals surface area (Å²) in [5, 5.41) is 5.04. The minimum Gasteiger partial charge on any atom is -0.319 e. The quantitative estimate of drug-likeness (QED) is 0.300. The van der Waals surface area contributed by atoms with Gasteiger partial charge in [0.1, 0.15) is 11.0 Å². The molecule has 2 aromatic rings. The van der Waals surface area contributed by atoms with Crippen molar-refractivity contribution >= 4 is 78.8 Å². The van der Waals surface area contributed by atoms with Crippen molar-refractivity contribution < 1.29 is 40.2 Å². The van der Waals surface area contributed by atoms with Crippen molar-refractivity contribution in [2.24, 2.45) is 44.0 Å². The van der Waals surface area contributed by atoms with Gasteiger partial charge in [0.15, 0.2) is 5.78 Å². The number of benzene rings is 2. The average molecular weight is 1000 g/mol. The molecule has 2 saturated carbocycles. The second-order valence-electron chi connectivity index (χ2n) is 18.5. The maximum atomic E-state index is 12.9. The summed E-state index contributed by atoms with van der Waals surface area (Å²) >= 11 is 6.95. The zero-order chi connectivity index (χ0) is 43.0. The zero-order valence-electron chi connectivity index (χ0n) is 35.0. The van der Waals surface area contributed by atoms with Crippen LogP contribution < -0.4 is 5.14 Å². The molecular formula is C42H60Br2F4N2O5S3. The van der Waals surface area contributed by atoms with E-state index in [0.29, 0.717) is 32.1 Å². The van der Waals surface area contributed by atoms with E-state index in [4.69, 9.17) is 19.0 Å². The van der Waals surface area contributed by atoms with E-state index in [-0.39, 0.29) is 53.1 Å². The molecule has 0 saturated heterocycles. The first-order valence-corrected chi connectivity index (χ1v) is 23.3. The summed E-state index contributed by atoms with van der Waals surface area (Å²) in [5.74, 6) is -0.0237. The lowest BCUT2D eigenvalue weighted by Crippen LogP contribution is -2.46. The fourth-order valence-electron chi connectivity index (χ4n) is 9.33. The molecule has 6 rings (SSSR count). The number of ether oxygens (including phenoxy) is 2. The first-order chi connectivity index (χ1) is 26.2. The number of hydrogen-bond acceptors (Lipinski definition) is 5. The standard InChI is InChI=1S/C21H28BrF2NO2S.C17H19BrF2O2.C4H11NOS.H2S/c1-12-9-21(10-13(2)17(12)27-19(23)24)11-14-6-7-15(22)8-16(14)18(21)25-28(26)20(3,4)5;1-9-6-17(7-10(2)14(9)22-16(19)20)8-11-3-4-12(18)5-13(11)15(17)21;1-4(2,3)7(5)6;/h6-8,12-13,17,19H,9-11H2,1-5H3;3-5,9-10,14,16H,6-8H2,1-2H3;5H2,1-3H3;1H2/t12-,13+,17?,21?,28-;9-,10+,14?,17?;7-;/m0.0./s1. The molecule has 0 aromatic heterocycles. The molecule has 0 amide bonds. The molecule has 0 aliphatic heterocycles. The summed E-state index contributed by atoms with van der Waals surface area (Å²) in [5.41, 5.74) is 4.20. The van der Waals surface area contributed by atoms with Crippen LogP contribution in [0, 0.1) is 34.5 Å². The van der Waals surface area contributed by atoms with Gasteiger partial charge in [0.05, 0.1) is 38.4 Å². The number of nitrogens with two attached hydrogens (primary N) is 1. The van der Waals surface area contributed by atoms with Gasteiger partial charge in [-0.2, -0.15) is 35.5 Å². The number of nitrogens with zero attached hydrogens (tertiary/aromatic N) is 1. The fourth-order valence-corrected chi connectivity index (χ4v) is 10.8. The number of halogens is 6. The smallest absolute Gasteiger partial charge is 0.319 e. The first-order valence-electron chi connectivity index (χ1n) is 19.4. The molecular weight excluding hydrogens is 944 g/mol. The highest BCUT2D eigenvalue weighted by Crippen LogP contribution is 2.54. The van der Waals surface area contributed by atoms with Crippen LogP contribution in [0.3, 0.4) is 0 Å². The van der Waals surface area contributed by atoms with Gasteiger partial charge in [-0.3, -0.25) is 9.93 Å². The van der Waals surface area contributed by atoms with E-state index in [0.717, 1.165) is 37.8 Å². The van der Waals surface area contributed by atoms with Crippen molar-refractivity contribution in [3.05, 3.63) is 67.6 Å². The molecule has 328 valence electrons. The number of Topliss-reactive ketones (excluding diaryl/α,β-unsaturated/α-hetero) is 1. The summed E-state index contributed by atoms with van der Waals surface area (Å²) < 4.78 is 89.8. The second-order valence-corrected chi connectivity index (χ2v) is 24.1. The Bertz CT molecular complexity index is 1830. The molecule has 4 aliphatic rings. The van der Waals surface area contributed by atoms with Crippen LogP contribution >= 0.6 is 45.4 Å². The Labute approximate surface area is 371 Å². The Balaban J connectivity index is 0.000000268. The Morgan fingerprint density at radius 2 is 1.07 bits per heavy atom. The number of hydrogen-bond donors (Lipinski definition) is 1. The van der Waals surface area contributed by atoms with Crippen molar-refractivity contribution in [3.8, 4) is 0 Å². The molecule has 0 heterocycles.